The maximum atomic E-state index is 13.3. The number of para-hydroxylation sites is 1. The highest BCUT2D eigenvalue weighted by Crippen LogP contribution is 2.46. The molecule has 3 heterocycles. The molecule has 2 aromatic heterocycles. The standard InChI is InChI=1S/C26H23N5O3S/c27-15-6-7-16(14-15)29-24(32)23-22-21-20(12-13-28-25(21)35-23)31(26(33)30-22)17-8-10-19(11-9-17)34-18-4-2-1-3-5-18/h1-5,8-13,15-16H,6-7,14,27H2,(H,29,32)(H,30,33)/t15-,16-/m0/s1. The molecule has 1 fully saturated rings. The van der Waals surface area contributed by atoms with Gasteiger partial charge in [-0.05, 0) is 61.7 Å². The molecule has 0 unspecified atom stereocenters. The molecule has 6 rings (SSSR count). The normalized spacial score (nSPS) is 19.0. The van der Waals surface area contributed by atoms with E-state index in [9.17, 15) is 9.59 Å². The van der Waals surface area contributed by atoms with Gasteiger partial charge in [0.2, 0.25) is 0 Å². The first kappa shape index (κ1) is 21.6. The molecule has 2 aliphatic rings. The van der Waals surface area contributed by atoms with Crippen molar-refractivity contribution >= 4 is 50.6 Å². The minimum atomic E-state index is -0.336. The number of carbonyl (C=O) groups excluding carboxylic acids is 2. The predicted octanol–water partition coefficient (Wildman–Crippen LogP) is 5.38. The third kappa shape index (κ3) is 3.98. The lowest BCUT2D eigenvalue weighted by Gasteiger charge is -2.28. The summed E-state index contributed by atoms with van der Waals surface area (Å²) in [6.07, 6.45) is 4.19. The van der Waals surface area contributed by atoms with Gasteiger partial charge in [0.05, 0.1) is 22.4 Å². The summed E-state index contributed by atoms with van der Waals surface area (Å²) in [4.78, 5) is 33.6. The van der Waals surface area contributed by atoms with Crippen LogP contribution >= 0.6 is 11.3 Å². The largest absolute Gasteiger partial charge is 0.457 e. The summed E-state index contributed by atoms with van der Waals surface area (Å²) in [5, 5.41) is 6.76. The van der Waals surface area contributed by atoms with Gasteiger partial charge in [0, 0.05) is 18.3 Å². The van der Waals surface area contributed by atoms with Crippen molar-refractivity contribution in [1.29, 1.82) is 0 Å². The molecule has 9 heteroatoms. The minimum Gasteiger partial charge on any atom is -0.457 e. The molecule has 4 N–H and O–H groups in total. The van der Waals surface area contributed by atoms with Crippen molar-refractivity contribution in [2.45, 2.75) is 31.3 Å². The fraction of sp³-hybridized carbons (Fsp3) is 0.192. The van der Waals surface area contributed by atoms with Crippen molar-refractivity contribution in [3.8, 4) is 11.5 Å². The second kappa shape index (κ2) is 8.68. The third-order valence-corrected chi connectivity index (χ3v) is 7.43. The Morgan fingerprint density at radius 3 is 2.60 bits per heavy atom. The van der Waals surface area contributed by atoms with Gasteiger partial charge in [-0.15, -0.1) is 11.3 Å². The predicted molar refractivity (Wildman–Crippen MR) is 137 cm³/mol. The fourth-order valence-electron chi connectivity index (χ4n) is 4.69. The van der Waals surface area contributed by atoms with E-state index in [4.69, 9.17) is 10.5 Å². The summed E-state index contributed by atoms with van der Waals surface area (Å²) in [6, 6.07) is 18.4. The number of hydrogen-bond acceptors (Lipinski definition) is 6. The van der Waals surface area contributed by atoms with Gasteiger partial charge >= 0.3 is 6.03 Å². The van der Waals surface area contributed by atoms with E-state index in [1.165, 1.54) is 11.3 Å². The smallest absolute Gasteiger partial charge is 0.331 e. The third-order valence-electron chi connectivity index (χ3n) is 6.33. The summed E-state index contributed by atoms with van der Waals surface area (Å²) in [7, 11) is 0. The zero-order valence-electron chi connectivity index (χ0n) is 18.7. The lowest BCUT2D eigenvalue weighted by Crippen LogP contribution is -2.36. The molecule has 0 bridgehead atoms. The summed E-state index contributed by atoms with van der Waals surface area (Å²) in [5.41, 5.74) is 7.87. The highest BCUT2D eigenvalue weighted by molar-refractivity contribution is 7.21. The Hall–Kier alpha value is -3.95. The fourth-order valence-corrected chi connectivity index (χ4v) is 5.71. The molecule has 1 aliphatic heterocycles. The Labute approximate surface area is 205 Å². The molecule has 0 saturated heterocycles. The number of nitrogens with zero attached hydrogens (tertiary/aromatic N) is 2. The van der Waals surface area contributed by atoms with Crippen LogP contribution < -0.4 is 26.0 Å². The number of nitrogens with two attached hydrogens (primary N) is 1. The number of amides is 3. The van der Waals surface area contributed by atoms with Crippen molar-refractivity contribution in [3.63, 3.8) is 0 Å². The molecular formula is C26H23N5O3S. The van der Waals surface area contributed by atoms with Crippen LogP contribution in [0.4, 0.5) is 21.9 Å². The quantitative estimate of drug-likeness (QED) is 0.352. The monoisotopic (exact) mass is 485 g/mol. The number of pyridine rings is 1. The van der Waals surface area contributed by atoms with Gasteiger partial charge in [0.25, 0.3) is 5.91 Å². The van der Waals surface area contributed by atoms with Crippen molar-refractivity contribution in [1.82, 2.24) is 10.3 Å². The zero-order valence-corrected chi connectivity index (χ0v) is 19.5. The Bertz CT molecular complexity index is 1420. The number of carbonyl (C=O) groups is 2. The number of benzene rings is 2. The van der Waals surface area contributed by atoms with E-state index in [0.29, 0.717) is 32.5 Å². The zero-order chi connectivity index (χ0) is 23.9. The van der Waals surface area contributed by atoms with Crippen LogP contribution in [0.5, 0.6) is 11.5 Å². The molecule has 0 spiro atoms. The van der Waals surface area contributed by atoms with Crippen molar-refractivity contribution < 1.29 is 14.3 Å². The molecule has 2 aromatic carbocycles. The Kier molecular flexibility index (Phi) is 5.35. The highest BCUT2D eigenvalue weighted by Gasteiger charge is 2.33. The van der Waals surface area contributed by atoms with E-state index < -0.39 is 0 Å². The molecule has 176 valence electrons. The van der Waals surface area contributed by atoms with Gasteiger partial charge in [-0.1, -0.05) is 18.2 Å². The van der Waals surface area contributed by atoms with Crippen LogP contribution in [0, 0.1) is 0 Å². The first-order chi connectivity index (χ1) is 17.1. The molecule has 4 aromatic rings. The molecular weight excluding hydrogens is 462 g/mol. The van der Waals surface area contributed by atoms with Crippen LogP contribution in [0.3, 0.4) is 0 Å². The summed E-state index contributed by atoms with van der Waals surface area (Å²) < 4.78 is 5.87. The van der Waals surface area contributed by atoms with E-state index in [1.807, 2.05) is 54.6 Å². The van der Waals surface area contributed by atoms with Gasteiger partial charge in [-0.25, -0.2) is 9.78 Å². The van der Waals surface area contributed by atoms with Gasteiger partial charge in [-0.3, -0.25) is 9.69 Å². The van der Waals surface area contributed by atoms with Crippen LogP contribution in [0.1, 0.15) is 28.9 Å². The van der Waals surface area contributed by atoms with Crippen molar-refractivity contribution in [2.24, 2.45) is 5.73 Å². The Morgan fingerprint density at radius 1 is 1.09 bits per heavy atom. The van der Waals surface area contributed by atoms with Crippen LogP contribution in [0.15, 0.2) is 66.9 Å². The van der Waals surface area contributed by atoms with E-state index in [-0.39, 0.29) is 24.0 Å². The van der Waals surface area contributed by atoms with E-state index in [0.717, 1.165) is 30.4 Å². The van der Waals surface area contributed by atoms with E-state index in [1.54, 1.807) is 17.2 Å². The highest BCUT2D eigenvalue weighted by atomic mass is 32.1. The number of anilines is 3. The molecule has 35 heavy (non-hydrogen) atoms. The lowest BCUT2D eigenvalue weighted by atomic mass is 10.1. The molecule has 3 amide bonds. The maximum Gasteiger partial charge on any atom is 0.331 e. The lowest BCUT2D eigenvalue weighted by molar-refractivity contribution is 0.0942. The first-order valence-electron chi connectivity index (χ1n) is 11.5. The SMILES string of the molecule is N[C@H]1CC[C@H](NC(=O)c2sc3nccc4c3c2NC(=O)N4c2ccc(Oc3ccccc3)cc2)C1. The molecule has 1 saturated carbocycles. The second-order valence-electron chi connectivity index (χ2n) is 8.73. The topological polar surface area (TPSA) is 110 Å². The molecule has 1 aliphatic carbocycles. The summed E-state index contributed by atoms with van der Waals surface area (Å²) in [6.45, 7) is 0. The van der Waals surface area contributed by atoms with Gasteiger partial charge in [0.1, 0.15) is 21.2 Å². The number of ether oxygens (including phenoxy) is 1. The number of urea groups is 1. The number of thiophene rings is 1. The average Bonchev–Trinajstić information content (AvgIpc) is 3.44. The van der Waals surface area contributed by atoms with Gasteiger partial charge < -0.3 is 21.1 Å². The average molecular weight is 486 g/mol. The number of hydrogen-bond donors (Lipinski definition) is 3. The van der Waals surface area contributed by atoms with E-state index in [2.05, 4.69) is 15.6 Å². The van der Waals surface area contributed by atoms with E-state index >= 15 is 0 Å². The second-order valence-corrected chi connectivity index (χ2v) is 9.73. The number of nitrogens with one attached hydrogen (secondary N) is 2. The number of aromatic nitrogens is 1. The maximum absolute atomic E-state index is 13.3. The van der Waals surface area contributed by atoms with Crippen LogP contribution in [-0.4, -0.2) is 29.0 Å². The van der Waals surface area contributed by atoms with Gasteiger partial charge in [0.15, 0.2) is 0 Å². The first-order valence-corrected chi connectivity index (χ1v) is 12.3. The summed E-state index contributed by atoms with van der Waals surface area (Å²) in [5.74, 6) is 1.20. The van der Waals surface area contributed by atoms with Crippen molar-refractivity contribution in [3.05, 3.63) is 71.7 Å². The van der Waals surface area contributed by atoms with Crippen LogP contribution in [0.2, 0.25) is 0 Å². The van der Waals surface area contributed by atoms with Crippen LogP contribution in [-0.2, 0) is 0 Å². The number of rotatable bonds is 5. The molecule has 0 radical (unpaired) electrons. The van der Waals surface area contributed by atoms with Crippen molar-refractivity contribution in [2.75, 3.05) is 10.2 Å². The Balaban J connectivity index is 1.31. The van der Waals surface area contributed by atoms with Crippen LogP contribution in [0.25, 0.3) is 10.2 Å². The van der Waals surface area contributed by atoms with Gasteiger partial charge in [-0.2, -0.15) is 0 Å². The minimum absolute atomic E-state index is 0.0507. The molecule has 2 atom stereocenters. The Morgan fingerprint density at radius 2 is 1.86 bits per heavy atom. The molecule has 8 nitrogen and oxygen atoms in total. The summed E-state index contributed by atoms with van der Waals surface area (Å²) >= 11 is 1.28.